The van der Waals surface area contributed by atoms with Crippen LogP contribution in [-0.4, -0.2) is 47.5 Å². The van der Waals surface area contributed by atoms with Crippen LogP contribution in [0.25, 0.3) is 0 Å². The van der Waals surface area contributed by atoms with Crippen LogP contribution in [0.4, 0.5) is 4.79 Å². The molecule has 6 heteroatoms. The van der Waals surface area contributed by atoms with E-state index in [0.717, 1.165) is 19.3 Å². The highest BCUT2D eigenvalue weighted by Gasteiger charge is 2.31. The van der Waals surface area contributed by atoms with E-state index in [4.69, 9.17) is 16.7 Å². The fourth-order valence-corrected chi connectivity index (χ4v) is 2.37. The largest absolute Gasteiger partial charge is 0.465 e. The minimum absolute atomic E-state index is 0.0115. The van der Waals surface area contributed by atoms with Crippen molar-refractivity contribution in [3.05, 3.63) is 0 Å². The lowest BCUT2D eigenvalue weighted by Gasteiger charge is -2.32. The van der Waals surface area contributed by atoms with Crippen LogP contribution in [0.15, 0.2) is 0 Å². The molecule has 1 heterocycles. The number of likely N-dealkylation sites (tertiary alicyclic amines) is 1. The summed E-state index contributed by atoms with van der Waals surface area (Å²) in [5, 5.41) is 11.0. The van der Waals surface area contributed by atoms with Gasteiger partial charge in [0.15, 0.2) is 0 Å². The molecule has 1 aliphatic rings. The van der Waals surface area contributed by atoms with Gasteiger partial charge in [0, 0.05) is 25.0 Å². The Morgan fingerprint density at radius 3 is 2.76 bits per heavy atom. The molecule has 1 unspecified atom stereocenters. The average Bonchev–Trinajstić information content (AvgIpc) is 2.48. The molecule has 1 rings (SSSR count). The predicted molar refractivity (Wildman–Crippen MR) is 65.3 cm³/mol. The quantitative estimate of drug-likeness (QED) is 0.758. The van der Waals surface area contributed by atoms with Crippen LogP contribution in [0.5, 0.6) is 0 Å². The van der Waals surface area contributed by atoms with Crippen LogP contribution < -0.4 is 5.32 Å². The van der Waals surface area contributed by atoms with Crippen LogP contribution in [0, 0.1) is 5.41 Å². The molecule has 98 valence electrons. The summed E-state index contributed by atoms with van der Waals surface area (Å²) >= 11 is 5.56. The molecule has 17 heavy (non-hydrogen) atoms. The molecule has 2 amide bonds. The molecule has 0 aromatic heterocycles. The molecule has 1 aliphatic heterocycles. The maximum absolute atomic E-state index is 11.6. The zero-order valence-corrected chi connectivity index (χ0v) is 10.8. The SMILES string of the molecule is CC1(CNC(=O)O)CCCCN(C(=O)CCl)C1. The molecule has 1 fully saturated rings. The van der Waals surface area contributed by atoms with Crippen LogP contribution >= 0.6 is 11.6 Å². The van der Waals surface area contributed by atoms with Crippen LogP contribution in [0.1, 0.15) is 26.2 Å². The molecule has 5 nitrogen and oxygen atoms in total. The smallest absolute Gasteiger partial charge is 0.404 e. The summed E-state index contributed by atoms with van der Waals surface area (Å²) in [6.45, 7) is 3.66. The Morgan fingerprint density at radius 1 is 1.47 bits per heavy atom. The number of carboxylic acid groups (broad SMARTS) is 1. The van der Waals surface area contributed by atoms with E-state index in [0.29, 0.717) is 19.6 Å². The second kappa shape index (κ2) is 6.10. The normalized spacial score (nSPS) is 25.2. The van der Waals surface area contributed by atoms with Crippen molar-refractivity contribution in [2.75, 3.05) is 25.5 Å². The van der Waals surface area contributed by atoms with Gasteiger partial charge in [-0.3, -0.25) is 4.79 Å². The summed E-state index contributed by atoms with van der Waals surface area (Å²) in [7, 11) is 0. The van der Waals surface area contributed by atoms with Crippen molar-refractivity contribution in [1.29, 1.82) is 0 Å². The van der Waals surface area contributed by atoms with E-state index in [2.05, 4.69) is 5.32 Å². The van der Waals surface area contributed by atoms with Crippen LogP contribution in [-0.2, 0) is 4.79 Å². The minimum Gasteiger partial charge on any atom is -0.465 e. The van der Waals surface area contributed by atoms with E-state index in [1.807, 2.05) is 6.92 Å². The van der Waals surface area contributed by atoms with Gasteiger partial charge in [-0.2, -0.15) is 0 Å². The van der Waals surface area contributed by atoms with Gasteiger partial charge in [0.2, 0.25) is 5.91 Å². The van der Waals surface area contributed by atoms with Crippen molar-refractivity contribution in [1.82, 2.24) is 10.2 Å². The number of carbonyl (C=O) groups excluding carboxylic acids is 1. The lowest BCUT2D eigenvalue weighted by atomic mass is 9.85. The number of carbonyl (C=O) groups is 2. The summed E-state index contributed by atoms with van der Waals surface area (Å²) in [6.07, 6.45) is 1.85. The molecular formula is C11H19ClN2O3. The molecule has 1 atom stereocenters. The first kappa shape index (κ1) is 14.1. The van der Waals surface area contributed by atoms with E-state index in [9.17, 15) is 9.59 Å². The van der Waals surface area contributed by atoms with Crippen molar-refractivity contribution >= 4 is 23.6 Å². The van der Waals surface area contributed by atoms with Crippen molar-refractivity contribution in [2.45, 2.75) is 26.2 Å². The molecule has 0 bridgehead atoms. The molecule has 0 aliphatic carbocycles. The van der Waals surface area contributed by atoms with Crippen molar-refractivity contribution in [2.24, 2.45) is 5.41 Å². The monoisotopic (exact) mass is 262 g/mol. The third-order valence-electron chi connectivity index (χ3n) is 3.16. The number of hydrogen-bond donors (Lipinski definition) is 2. The van der Waals surface area contributed by atoms with E-state index in [-0.39, 0.29) is 17.2 Å². The summed E-state index contributed by atoms with van der Waals surface area (Å²) in [5.41, 5.74) is -0.198. The summed E-state index contributed by atoms with van der Waals surface area (Å²) in [4.78, 5) is 23.9. The van der Waals surface area contributed by atoms with E-state index < -0.39 is 6.09 Å². The zero-order valence-electron chi connectivity index (χ0n) is 10.0. The van der Waals surface area contributed by atoms with Crippen molar-refractivity contribution in [3.8, 4) is 0 Å². The number of rotatable bonds is 3. The molecule has 1 saturated heterocycles. The molecule has 0 aromatic rings. The van der Waals surface area contributed by atoms with E-state index in [1.54, 1.807) is 4.90 Å². The average molecular weight is 263 g/mol. The van der Waals surface area contributed by atoms with Crippen molar-refractivity contribution in [3.63, 3.8) is 0 Å². The molecule has 2 N–H and O–H groups in total. The Labute approximate surface area is 106 Å². The van der Waals surface area contributed by atoms with Gasteiger partial charge >= 0.3 is 6.09 Å². The Bertz CT molecular complexity index is 298. The number of nitrogens with one attached hydrogen (secondary N) is 1. The topological polar surface area (TPSA) is 69.6 Å². The van der Waals surface area contributed by atoms with Gasteiger partial charge in [-0.1, -0.05) is 13.3 Å². The van der Waals surface area contributed by atoms with Gasteiger partial charge in [-0.15, -0.1) is 11.6 Å². The fourth-order valence-electron chi connectivity index (χ4n) is 2.20. The zero-order chi connectivity index (χ0) is 12.9. The van der Waals surface area contributed by atoms with Crippen LogP contribution in [0.2, 0.25) is 0 Å². The molecular weight excluding hydrogens is 244 g/mol. The first-order valence-corrected chi connectivity index (χ1v) is 6.31. The van der Waals surface area contributed by atoms with Crippen LogP contribution in [0.3, 0.4) is 0 Å². The van der Waals surface area contributed by atoms with Crippen molar-refractivity contribution < 1.29 is 14.7 Å². The fraction of sp³-hybridized carbons (Fsp3) is 0.818. The van der Waals surface area contributed by atoms with E-state index in [1.165, 1.54) is 0 Å². The third kappa shape index (κ3) is 4.42. The lowest BCUT2D eigenvalue weighted by Crippen LogP contribution is -2.44. The van der Waals surface area contributed by atoms with Gasteiger partial charge in [0.05, 0.1) is 0 Å². The highest BCUT2D eigenvalue weighted by molar-refractivity contribution is 6.27. The van der Waals surface area contributed by atoms with Gasteiger partial charge in [0.25, 0.3) is 0 Å². The minimum atomic E-state index is -1.02. The summed E-state index contributed by atoms with van der Waals surface area (Å²) in [6, 6.07) is 0. The summed E-state index contributed by atoms with van der Waals surface area (Å²) in [5.74, 6) is -0.0854. The number of halogens is 1. The maximum Gasteiger partial charge on any atom is 0.404 e. The third-order valence-corrected chi connectivity index (χ3v) is 3.39. The van der Waals surface area contributed by atoms with Gasteiger partial charge in [-0.25, -0.2) is 4.79 Å². The van der Waals surface area contributed by atoms with E-state index >= 15 is 0 Å². The van der Waals surface area contributed by atoms with Gasteiger partial charge in [0.1, 0.15) is 5.88 Å². The molecule has 0 radical (unpaired) electrons. The number of nitrogens with zero attached hydrogens (tertiary/aromatic N) is 1. The Balaban J connectivity index is 2.63. The van der Waals surface area contributed by atoms with Gasteiger partial charge in [-0.05, 0) is 12.8 Å². The molecule has 0 aromatic carbocycles. The summed E-state index contributed by atoms with van der Waals surface area (Å²) < 4.78 is 0. The maximum atomic E-state index is 11.6. The molecule has 0 saturated carbocycles. The standard InChI is InChI=1S/C11H19ClN2O3/c1-11(7-13-10(16)17)4-2-3-5-14(8-11)9(15)6-12/h13H,2-8H2,1H3,(H,16,17). The lowest BCUT2D eigenvalue weighted by molar-refractivity contribution is -0.129. The Morgan fingerprint density at radius 2 is 2.18 bits per heavy atom. The first-order valence-electron chi connectivity index (χ1n) is 5.77. The second-order valence-electron chi connectivity index (χ2n) is 4.88. The highest BCUT2D eigenvalue weighted by atomic mass is 35.5. The number of amides is 2. The highest BCUT2D eigenvalue weighted by Crippen LogP contribution is 2.28. The Hall–Kier alpha value is -0.970. The molecule has 0 spiro atoms. The Kier molecular flexibility index (Phi) is 5.05. The number of hydrogen-bond acceptors (Lipinski definition) is 2. The first-order chi connectivity index (χ1) is 7.97. The number of alkyl halides is 1. The van der Waals surface area contributed by atoms with Gasteiger partial charge < -0.3 is 15.3 Å². The second-order valence-corrected chi connectivity index (χ2v) is 5.14. The predicted octanol–water partition coefficient (Wildman–Crippen LogP) is 1.51.